The molecule has 3 nitrogen and oxygen atoms in total. The van der Waals surface area contributed by atoms with E-state index in [1.165, 1.54) is 22.2 Å². The molecule has 2 unspecified atom stereocenters. The van der Waals surface area contributed by atoms with Crippen molar-refractivity contribution in [3.63, 3.8) is 0 Å². The lowest BCUT2D eigenvalue weighted by molar-refractivity contribution is -0.0117. The van der Waals surface area contributed by atoms with E-state index in [2.05, 4.69) is 36.2 Å². The summed E-state index contributed by atoms with van der Waals surface area (Å²) in [5, 5.41) is 1.31. The van der Waals surface area contributed by atoms with E-state index in [1.54, 1.807) is 0 Å². The highest BCUT2D eigenvalue weighted by atomic mass is 16.5. The van der Waals surface area contributed by atoms with Gasteiger partial charge in [0.15, 0.2) is 0 Å². The van der Waals surface area contributed by atoms with Gasteiger partial charge in [0.1, 0.15) is 0 Å². The number of benzene rings is 1. The van der Waals surface area contributed by atoms with Crippen LogP contribution in [-0.2, 0) is 11.2 Å². The molecule has 2 heterocycles. The molecular formula is C13H16N2O. The Morgan fingerprint density at radius 3 is 3.06 bits per heavy atom. The van der Waals surface area contributed by atoms with Gasteiger partial charge in [-0.3, -0.25) is 0 Å². The lowest BCUT2D eigenvalue weighted by Crippen LogP contribution is -2.31. The highest BCUT2D eigenvalue weighted by Crippen LogP contribution is 2.34. The van der Waals surface area contributed by atoms with E-state index in [0.717, 1.165) is 6.42 Å². The largest absolute Gasteiger partial charge is 0.367 e. The van der Waals surface area contributed by atoms with Crippen molar-refractivity contribution in [3.05, 3.63) is 35.5 Å². The molecule has 16 heavy (non-hydrogen) atoms. The summed E-state index contributed by atoms with van der Waals surface area (Å²) in [7, 11) is 0. The molecule has 3 N–H and O–H groups in total. The second-order valence-corrected chi connectivity index (χ2v) is 4.40. The van der Waals surface area contributed by atoms with Crippen LogP contribution in [0.4, 0.5) is 0 Å². The zero-order valence-corrected chi connectivity index (χ0v) is 9.36. The predicted molar refractivity (Wildman–Crippen MR) is 64.3 cm³/mol. The quantitative estimate of drug-likeness (QED) is 0.767. The summed E-state index contributed by atoms with van der Waals surface area (Å²) in [6, 6.07) is 8.40. The van der Waals surface area contributed by atoms with E-state index < -0.39 is 0 Å². The first kappa shape index (κ1) is 9.87. The number of aromatic nitrogens is 1. The number of ether oxygens (including phenoxy) is 1. The standard InChI is InChI=1S/C13H16N2O/c1-8-13-11(6-9(7-14)16-8)10-4-2-3-5-12(10)15-13/h2-5,8-9,15H,6-7,14H2,1H3. The third-order valence-electron chi connectivity index (χ3n) is 3.34. The maximum absolute atomic E-state index is 5.84. The minimum absolute atomic E-state index is 0.115. The number of nitrogens with one attached hydrogen (secondary N) is 1. The zero-order valence-electron chi connectivity index (χ0n) is 9.36. The van der Waals surface area contributed by atoms with Gasteiger partial charge in [-0.25, -0.2) is 0 Å². The Kier molecular flexibility index (Phi) is 2.23. The molecule has 1 aromatic carbocycles. The third-order valence-corrected chi connectivity index (χ3v) is 3.34. The van der Waals surface area contributed by atoms with Gasteiger partial charge in [-0.15, -0.1) is 0 Å². The Morgan fingerprint density at radius 2 is 2.25 bits per heavy atom. The van der Waals surface area contributed by atoms with Crippen LogP contribution in [-0.4, -0.2) is 17.6 Å². The molecule has 0 aliphatic carbocycles. The van der Waals surface area contributed by atoms with Crippen LogP contribution in [0.25, 0.3) is 10.9 Å². The lowest BCUT2D eigenvalue weighted by Gasteiger charge is -2.27. The Hall–Kier alpha value is -1.32. The van der Waals surface area contributed by atoms with Crippen LogP contribution in [0, 0.1) is 0 Å². The highest BCUT2D eigenvalue weighted by Gasteiger charge is 2.26. The average Bonchev–Trinajstić information content (AvgIpc) is 2.68. The number of aromatic amines is 1. The smallest absolute Gasteiger partial charge is 0.0952 e. The fourth-order valence-corrected chi connectivity index (χ4v) is 2.56. The monoisotopic (exact) mass is 216 g/mol. The average molecular weight is 216 g/mol. The molecule has 0 bridgehead atoms. The topological polar surface area (TPSA) is 51.0 Å². The van der Waals surface area contributed by atoms with E-state index in [1.807, 2.05) is 0 Å². The van der Waals surface area contributed by atoms with Crippen molar-refractivity contribution in [1.29, 1.82) is 0 Å². The first-order chi connectivity index (χ1) is 7.79. The zero-order chi connectivity index (χ0) is 11.1. The molecule has 0 saturated carbocycles. The van der Waals surface area contributed by atoms with Crippen LogP contribution >= 0.6 is 0 Å². The summed E-state index contributed by atoms with van der Waals surface area (Å²) in [5.74, 6) is 0. The number of nitrogens with two attached hydrogens (primary N) is 1. The van der Waals surface area contributed by atoms with Crippen molar-refractivity contribution < 1.29 is 4.74 Å². The van der Waals surface area contributed by atoms with Gasteiger partial charge in [0, 0.05) is 29.6 Å². The number of H-pyrrole nitrogens is 1. The first-order valence-corrected chi connectivity index (χ1v) is 5.74. The third kappa shape index (κ3) is 1.36. The van der Waals surface area contributed by atoms with Gasteiger partial charge in [-0.1, -0.05) is 18.2 Å². The van der Waals surface area contributed by atoms with E-state index >= 15 is 0 Å². The van der Waals surface area contributed by atoms with Crippen LogP contribution in [0.15, 0.2) is 24.3 Å². The molecule has 1 aromatic heterocycles. The van der Waals surface area contributed by atoms with E-state index in [9.17, 15) is 0 Å². The van der Waals surface area contributed by atoms with Crippen LogP contribution in [0.2, 0.25) is 0 Å². The summed E-state index contributed by atoms with van der Waals surface area (Å²) in [6.45, 7) is 2.67. The van der Waals surface area contributed by atoms with Gasteiger partial charge in [0.2, 0.25) is 0 Å². The molecule has 0 saturated heterocycles. The highest BCUT2D eigenvalue weighted by molar-refractivity contribution is 5.85. The molecule has 84 valence electrons. The lowest BCUT2D eigenvalue weighted by atomic mass is 9.99. The predicted octanol–water partition coefficient (Wildman–Crippen LogP) is 2.13. The van der Waals surface area contributed by atoms with Crippen molar-refractivity contribution in [2.24, 2.45) is 5.73 Å². The fourth-order valence-electron chi connectivity index (χ4n) is 2.56. The number of hydrogen-bond donors (Lipinski definition) is 2. The second kappa shape index (κ2) is 3.61. The van der Waals surface area contributed by atoms with E-state index in [0.29, 0.717) is 6.54 Å². The molecule has 2 aromatic rings. The van der Waals surface area contributed by atoms with Gasteiger partial charge in [0.05, 0.1) is 12.2 Å². The van der Waals surface area contributed by atoms with Crippen molar-refractivity contribution in [2.75, 3.05) is 6.54 Å². The van der Waals surface area contributed by atoms with Crippen molar-refractivity contribution in [2.45, 2.75) is 25.6 Å². The molecule has 0 fully saturated rings. The van der Waals surface area contributed by atoms with Crippen molar-refractivity contribution in [3.8, 4) is 0 Å². The Labute approximate surface area is 94.6 Å². The molecule has 1 aliphatic rings. The second-order valence-electron chi connectivity index (χ2n) is 4.40. The van der Waals surface area contributed by atoms with E-state index in [4.69, 9.17) is 10.5 Å². The van der Waals surface area contributed by atoms with Gasteiger partial charge < -0.3 is 15.5 Å². The van der Waals surface area contributed by atoms with Gasteiger partial charge in [-0.05, 0) is 18.6 Å². The molecular weight excluding hydrogens is 200 g/mol. The van der Waals surface area contributed by atoms with Gasteiger partial charge >= 0.3 is 0 Å². The van der Waals surface area contributed by atoms with E-state index in [-0.39, 0.29) is 12.2 Å². The number of para-hydroxylation sites is 1. The summed E-state index contributed by atoms with van der Waals surface area (Å²) >= 11 is 0. The first-order valence-electron chi connectivity index (χ1n) is 5.74. The molecule has 3 rings (SSSR count). The Morgan fingerprint density at radius 1 is 1.44 bits per heavy atom. The molecule has 1 aliphatic heterocycles. The SMILES string of the molecule is CC1OC(CN)Cc2c1[nH]c1ccccc21. The van der Waals surface area contributed by atoms with Gasteiger partial charge in [0.25, 0.3) is 0 Å². The van der Waals surface area contributed by atoms with Gasteiger partial charge in [-0.2, -0.15) is 0 Å². The molecule has 3 heteroatoms. The van der Waals surface area contributed by atoms with Crippen LogP contribution in [0.3, 0.4) is 0 Å². The maximum atomic E-state index is 5.84. The number of hydrogen-bond acceptors (Lipinski definition) is 2. The molecule has 2 atom stereocenters. The van der Waals surface area contributed by atoms with Crippen LogP contribution in [0.5, 0.6) is 0 Å². The normalized spacial score (nSPS) is 24.6. The van der Waals surface area contributed by atoms with Crippen LogP contribution in [0.1, 0.15) is 24.3 Å². The minimum Gasteiger partial charge on any atom is -0.367 e. The summed E-state index contributed by atoms with van der Waals surface area (Å²) in [6.07, 6.45) is 1.19. The molecule has 0 amide bonds. The van der Waals surface area contributed by atoms with Crippen LogP contribution < -0.4 is 5.73 Å². The Bertz CT molecular complexity index is 518. The molecule has 0 radical (unpaired) electrons. The fraction of sp³-hybridized carbons (Fsp3) is 0.385. The number of fused-ring (bicyclic) bond motifs is 3. The van der Waals surface area contributed by atoms with Crippen molar-refractivity contribution in [1.82, 2.24) is 4.98 Å². The minimum atomic E-state index is 0.115. The summed E-state index contributed by atoms with van der Waals surface area (Å²) < 4.78 is 5.84. The molecule has 0 spiro atoms. The maximum Gasteiger partial charge on any atom is 0.0952 e. The summed E-state index contributed by atoms with van der Waals surface area (Å²) in [4.78, 5) is 3.44. The Balaban J connectivity index is 2.18. The summed E-state index contributed by atoms with van der Waals surface area (Å²) in [5.41, 5.74) is 9.49. The number of rotatable bonds is 1. The van der Waals surface area contributed by atoms with Crippen molar-refractivity contribution >= 4 is 10.9 Å².